The van der Waals surface area contributed by atoms with E-state index in [-0.39, 0.29) is 18.1 Å². The normalized spacial score (nSPS) is 18.2. The lowest BCUT2D eigenvalue weighted by molar-refractivity contribution is 0.100. The number of carbonyl (C=O) groups is 1. The van der Waals surface area contributed by atoms with E-state index in [4.69, 9.17) is 15.8 Å². The van der Waals surface area contributed by atoms with Gasteiger partial charge in [-0.25, -0.2) is 9.67 Å². The van der Waals surface area contributed by atoms with E-state index in [1.807, 2.05) is 41.2 Å². The van der Waals surface area contributed by atoms with Crippen LogP contribution in [-0.4, -0.2) is 42.9 Å². The molecule has 1 aliphatic carbocycles. The predicted molar refractivity (Wildman–Crippen MR) is 137 cm³/mol. The summed E-state index contributed by atoms with van der Waals surface area (Å²) in [6.45, 7) is 4.24. The molecule has 0 radical (unpaired) electrons. The second kappa shape index (κ2) is 9.46. The lowest BCUT2D eigenvalue weighted by Crippen LogP contribution is -2.29. The molecule has 8 nitrogen and oxygen atoms in total. The van der Waals surface area contributed by atoms with Gasteiger partial charge in [-0.2, -0.15) is 5.10 Å². The Labute approximate surface area is 204 Å². The molecule has 1 amide bonds. The van der Waals surface area contributed by atoms with Crippen LogP contribution in [0, 0.1) is 0 Å². The van der Waals surface area contributed by atoms with Gasteiger partial charge < -0.3 is 16.2 Å². The largest absolute Gasteiger partial charge is 0.393 e. The van der Waals surface area contributed by atoms with Gasteiger partial charge in [-0.3, -0.25) is 9.78 Å². The number of rotatable bonds is 6. The third kappa shape index (κ3) is 4.49. The predicted octanol–water partition coefficient (Wildman–Crippen LogP) is 4.42. The van der Waals surface area contributed by atoms with Crippen LogP contribution in [0.25, 0.3) is 27.8 Å². The van der Waals surface area contributed by atoms with Crippen LogP contribution in [0.2, 0.25) is 0 Å². The molecule has 1 saturated carbocycles. The molecule has 0 spiro atoms. The summed E-state index contributed by atoms with van der Waals surface area (Å²) in [5.41, 5.74) is 11.3. The number of hydrogen-bond acceptors (Lipinski definition) is 6. The quantitative estimate of drug-likeness (QED) is 0.384. The van der Waals surface area contributed by atoms with Crippen molar-refractivity contribution in [3.05, 3.63) is 66.2 Å². The number of aliphatic hydroxyl groups excluding tert-OH is 1. The highest BCUT2D eigenvalue weighted by Gasteiger charge is 2.23. The molecule has 5 rings (SSSR count). The van der Waals surface area contributed by atoms with Crippen molar-refractivity contribution in [1.82, 2.24) is 19.7 Å². The highest BCUT2D eigenvalue weighted by Crippen LogP contribution is 2.35. The molecule has 0 saturated heterocycles. The molecule has 3 aromatic heterocycles. The van der Waals surface area contributed by atoms with Gasteiger partial charge in [0.2, 0.25) is 0 Å². The lowest BCUT2D eigenvalue weighted by atomic mass is 9.92. The van der Waals surface area contributed by atoms with Crippen LogP contribution >= 0.6 is 0 Å². The number of nitrogens with two attached hydrogens (primary N) is 1. The fraction of sp³-hybridized carbons (Fsp3) is 0.333. The fourth-order valence-corrected chi connectivity index (χ4v) is 4.85. The van der Waals surface area contributed by atoms with Crippen LogP contribution in [0.5, 0.6) is 0 Å². The molecule has 0 aliphatic heterocycles. The van der Waals surface area contributed by atoms with E-state index in [1.54, 1.807) is 18.5 Å². The van der Waals surface area contributed by atoms with Gasteiger partial charge >= 0.3 is 0 Å². The third-order valence-corrected chi connectivity index (χ3v) is 6.68. The minimum atomic E-state index is -0.486. The van der Waals surface area contributed by atoms with Crippen molar-refractivity contribution in [1.29, 1.82) is 0 Å². The summed E-state index contributed by atoms with van der Waals surface area (Å²) in [5, 5.41) is 19.3. The number of anilines is 1. The van der Waals surface area contributed by atoms with E-state index >= 15 is 0 Å². The zero-order valence-corrected chi connectivity index (χ0v) is 20.0. The first-order valence-electron chi connectivity index (χ1n) is 12.1. The Morgan fingerprint density at radius 3 is 2.63 bits per heavy atom. The maximum Gasteiger partial charge on any atom is 0.250 e. The second-order valence-corrected chi connectivity index (χ2v) is 9.49. The van der Waals surface area contributed by atoms with Crippen molar-refractivity contribution in [2.24, 2.45) is 5.73 Å². The van der Waals surface area contributed by atoms with Crippen LogP contribution in [0.1, 0.15) is 61.5 Å². The Kier molecular flexibility index (Phi) is 6.21. The summed E-state index contributed by atoms with van der Waals surface area (Å²) >= 11 is 0. The van der Waals surface area contributed by atoms with Gasteiger partial charge in [0.1, 0.15) is 0 Å². The number of aliphatic hydroxyl groups is 1. The van der Waals surface area contributed by atoms with Gasteiger partial charge in [0, 0.05) is 35.9 Å². The monoisotopic (exact) mass is 470 g/mol. The van der Waals surface area contributed by atoms with Crippen molar-refractivity contribution in [2.45, 2.75) is 57.6 Å². The van der Waals surface area contributed by atoms with Gasteiger partial charge in [0.25, 0.3) is 5.91 Å². The summed E-state index contributed by atoms with van der Waals surface area (Å²) < 4.78 is 1.84. The summed E-state index contributed by atoms with van der Waals surface area (Å²) in [6.07, 6.45) is 8.30. The van der Waals surface area contributed by atoms with Gasteiger partial charge in [0.05, 0.1) is 28.4 Å². The molecule has 3 heterocycles. The molecule has 180 valence electrons. The molecule has 0 atom stereocenters. The molecule has 4 aromatic rings. The van der Waals surface area contributed by atoms with Crippen LogP contribution in [0.3, 0.4) is 0 Å². The average molecular weight is 471 g/mol. The Bertz CT molecular complexity index is 1360. The zero-order chi connectivity index (χ0) is 24.5. The molecule has 8 heteroatoms. The molecule has 1 fully saturated rings. The van der Waals surface area contributed by atoms with E-state index in [0.717, 1.165) is 59.2 Å². The number of nitrogens with one attached hydrogen (secondary N) is 1. The first-order chi connectivity index (χ1) is 16.9. The summed E-state index contributed by atoms with van der Waals surface area (Å²) in [5.74, 6) is -0.311. The maximum atomic E-state index is 12.2. The molecule has 0 bridgehead atoms. The number of carbonyl (C=O) groups excluding carboxylic acids is 1. The van der Waals surface area contributed by atoms with Crippen LogP contribution < -0.4 is 11.1 Å². The number of nitrogens with zero attached hydrogens (tertiary/aromatic N) is 4. The van der Waals surface area contributed by atoms with Crippen molar-refractivity contribution in [3.8, 4) is 16.8 Å². The van der Waals surface area contributed by atoms with Crippen molar-refractivity contribution in [2.75, 3.05) is 5.32 Å². The fourth-order valence-electron chi connectivity index (χ4n) is 4.85. The Balaban J connectivity index is 1.63. The molecule has 0 unspecified atom stereocenters. The molecular formula is C27H30N6O2. The molecule has 1 aromatic carbocycles. The third-order valence-electron chi connectivity index (χ3n) is 6.68. The van der Waals surface area contributed by atoms with Crippen molar-refractivity contribution in [3.63, 3.8) is 0 Å². The number of benzene rings is 1. The first-order valence-corrected chi connectivity index (χ1v) is 12.1. The van der Waals surface area contributed by atoms with Gasteiger partial charge in [0.15, 0.2) is 5.65 Å². The van der Waals surface area contributed by atoms with E-state index in [2.05, 4.69) is 24.1 Å². The SMILES string of the molecule is CC(C)c1nn(-c2ccc(C(N)=O)c(N[C@H]3CC[C@H](O)CC3)c2)c2nccc(-c3cccnc3)c12. The van der Waals surface area contributed by atoms with Gasteiger partial charge in [-0.1, -0.05) is 19.9 Å². The summed E-state index contributed by atoms with van der Waals surface area (Å²) in [7, 11) is 0. The number of hydrogen-bond donors (Lipinski definition) is 3. The minimum Gasteiger partial charge on any atom is -0.393 e. The standard InChI is InChI=1S/C27H30N6O2/c1-16(2)25-24-21(17-4-3-12-29-15-17)11-13-30-27(24)33(32-25)19-7-10-22(26(28)35)23(14-19)31-18-5-8-20(34)9-6-18/h3-4,7,10-16,18,20,31,34H,5-6,8-9H2,1-2H3,(H2,28,35)/t18-,20-. The van der Waals surface area contributed by atoms with Crippen LogP contribution in [-0.2, 0) is 0 Å². The number of fused-ring (bicyclic) bond motifs is 1. The summed E-state index contributed by atoms with van der Waals surface area (Å²) in [4.78, 5) is 21.2. The molecule has 4 N–H and O–H groups in total. The molecule has 1 aliphatic rings. The Morgan fingerprint density at radius 1 is 1.14 bits per heavy atom. The van der Waals surface area contributed by atoms with Gasteiger partial charge in [-0.15, -0.1) is 0 Å². The maximum absolute atomic E-state index is 12.2. The lowest BCUT2D eigenvalue weighted by Gasteiger charge is -2.27. The molecular weight excluding hydrogens is 440 g/mol. The van der Waals surface area contributed by atoms with E-state index in [1.165, 1.54) is 0 Å². The smallest absolute Gasteiger partial charge is 0.250 e. The summed E-state index contributed by atoms with van der Waals surface area (Å²) in [6, 6.07) is 11.6. The number of aromatic nitrogens is 4. The highest BCUT2D eigenvalue weighted by atomic mass is 16.3. The van der Waals surface area contributed by atoms with Gasteiger partial charge in [-0.05, 0) is 67.5 Å². The Morgan fingerprint density at radius 2 is 1.94 bits per heavy atom. The second-order valence-electron chi connectivity index (χ2n) is 9.49. The van der Waals surface area contributed by atoms with Crippen LogP contribution in [0.15, 0.2) is 55.0 Å². The van der Waals surface area contributed by atoms with E-state index in [0.29, 0.717) is 11.3 Å². The number of amides is 1. The van der Waals surface area contributed by atoms with E-state index < -0.39 is 5.91 Å². The topological polar surface area (TPSA) is 119 Å². The van der Waals surface area contributed by atoms with Crippen molar-refractivity contribution < 1.29 is 9.90 Å². The zero-order valence-electron chi connectivity index (χ0n) is 20.0. The minimum absolute atomic E-state index is 0.169. The van der Waals surface area contributed by atoms with Crippen LogP contribution in [0.4, 0.5) is 5.69 Å². The first kappa shape index (κ1) is 23.0. The highest BCUT2D eigenvalue weighted by molar-refractivity contribution is 5.99. The number of primary amides is 1. The van der Waals surface area contributed by atoms with Crippen molar-refractivity contribution >= 4 is 22.6 Å². The Hall–Kier alpha value is -3.78. The number of pyridine rings is 2. The molecule has 35 heavy (non-hydrogen) atoms. The average Bonchev–Trinajstić information content (AvgIpc) is 3.26. The van der Waals surface area contributed by atoms with E-state index in [9.17, 15) is 9.90 Å².